The van der Waals surface area contributed by atoms with E-state index in [-0.39, 0.29) is 10.6 Å². The fourth-order valence-corrected chi connectivity index (χ4v) is 2.33. The minimum atomic E-state index is -0.383. The van der Waals surface area contributed by atoms with Crippen LogP contribution in [-0.2, 0) is 0 Å². The van der Waals surface area contributed by atoms with Crippen LogP contribution in [0.25, 0.3) is 16.9 Å². The largest absolute Gasteiger partial charge is 0.270 e. The van der Waals surface area contributed by atoms with Crippen molar-refractivity contribution in [1.82, 2.24) is 4.98 Å². The van der Waals surface area contributed by atoms with E-state index in [1.54, 1.807) is 18.3 Å². The first-order valence-corrected chi connectivity index (χ1v) is 6.83. The van der Waals surface area contributed by atoms with Gasteiger partial charge in [0.25, 0.3) is 5.69 Å². The molecule has 108 valence electrons. The molecule has 0 radical (unpaired) electrons. The van der Waals surface area contributed by atoms with Crippen LogP contribution in [0.1, 0.15) is 5.56 Å². The van der Waals surface area contributed by atoms with Crippen LogP contribution in [0, 0.1) is 17.0 Å². The van der Waals surface area contributed by atoms with Crippen molar-refractivity contribution in [3.8, 4) is 16.9 Å². The van der Waals surface area contributed by atoms with E-state index in [0.29, 0.717) is 0 Å². The number of benzene rings is 1. The van der Waals surface area contributed by atoms with Crippen molar-refractivity contribution >= 4 is 5.69 Å². The number of hydrogen-bond donors (Lipinski definition) is 0. The van der Waals surface area contributed by atoms with Gasteiger partial charge in [0.05, 0.1) is 10.6 Å². The summed E-state index contributed by atoms with van der Waals surface area (Å²) in [7, 11) is 0. The van der Waals surface area contributed by atoms with Crippen LogP contribution in [0.2, 0.25) is 0 Å². The molecule has 0 aliphatic rings. The molecule has 22 heavy (non-hydrogen) atoms. The first kappa shape index (κ1) is 13.9. The second kappa shape index (κ2) is 5.73. The molecule has 0 aliphatic carbocycles. The van der Waals surface area contributed by atoms with Gasteiger partial charge in [0.1, 0.15) is 0 Å². The van der Waals surface area contributed by atoms with Crippen LogP contribution in [0.4, 0.5) is 5.69 Å². The van der Waals surface area contributed by atoms with Crippen molar-refractivity contribution in [3.05, 3.63) is 82.8 Å². The van der Waals surface area contributed by atoms with Gasteiger partial charge < -0.3 is 0 Å². The lowest BCUT2D eigenvalue weighted by atomic mass is 10.1. The van der Waals surface area contributed by atoms with Crippen molar-refractivity contribution in [1.29, 1.82) is 0 Å². The molecular weight excluding hydrogens is 278 g/mol. The van der Waals surface area contributed by atoms with Gasteiger partial charge in [0.15, 0.2) is 12.4 Å². The number of aryl methyl sites for hydroxylation is 1. The highest BCUT2D eigenvalue weighted by Gasteiger charge is 2.14. The highest BCUT2D eigenvalue weighted by Crippen LogP contribution is 2.18. The fraction of sp³-hybridized carbons (Fsp3) is 0.0588. The van der Waals surface area contributed by atoms with Crippen molar-refractivity contribution in [3.63, 3.8) is 0 Å². The molecule has 3 rings (SSSR count). The van der Waals surface area contributed by atoms with E-state index in [4.69, 9.17) is 0 Å². The molecule has 2 aromatic heterocycles. The Bertz CT molecular complexity index is 815. The third kappa shape index (κ3) is 2.69. The van der Waals surface area contributed by atoms with Crippen molar-refractivity contribution in [2.45, 2.75) is 6.92 Å². The summed E-state index contributed by atoms with van der Waals surface area (Å²) in [5.74, 6) is 0. The SMILES string of the molecule is Cc1cc([N+](=O)[O-])ccc1-[n+]1ccc(-c2ccccn2)cc1. The Morgan fingerprint density at radius 3 is 2.45 bits per heavy atom. The molecule has 5 heteroatoms. The Balaban J connectivity index is 1.95. The molecule has 3 aromatic rings. The van der Waals surface area contributed by atoms with E-state index < -0.39 is 0 Å². The number of nitrogens with zero attached hydrogens (tertiary/aromatic N) is 3. The molecule has 0 amide bonds. The Morgan fingerprint density at radius 2 is 1.86 bits per heavy atom. The summed E-state index contributed by atoms with van der Waals surface area (Å²) in [5, 5.41) is 10.8. The van der Waals surface area contributed by atoms with Gasteiger partial charge in [-0.2, -0.15) is 4.57 Å². The van der Waals surface area contributed by atoms with Gasteiger partial charge in [-0.3, -0.25) is 15.1 Å². The summed E-state index contributed by atoms with van der Waals surface area (Å²) in [6, 6.07) is 14.6. The van der Waals surface area contributed by atoms with Crippen LogP contribution >= 0.6 is 0 Å². The highest BCUT2D eigenvalue weighted by molar-refractivity contribution is 5.57. The number of nitro groups is 1. The van der Waals surface area contributed by atoms with Crippen LogP contribution in [0.3, 0.4) is 0 Å². The first-order chi connectivity index (χ1) is 10.6. The monoisotopic (exact) mass is 292 g/mol. The molecule has 0 N–H and O–H groups in total. The Hall–Kier alpha value is -3.08. The number of pyridine rings is 2. The average molecular weight is 292 g/mol. The van der Waals surface area contributed by atoms with Gasteiger partial charge in [0.2, 0.25) is 5.69 Å². The number of non-ortho nitro benzene ring substituents is 1. The fourth-order valence-electron chi connectivity index (χ4n) is 2.33. The summed E-state index contributed by atoms with van der Waals surface area (Å²) in [4.78, 5) is 14.7. The van der Waals surface area contributed by atoms with Crippen LogP contribution < -0.4 is 4.57 Å². The molecule has 0 atom stereocenters. The number of rotatable bonds is 3. The van der Waals surface area contributed by atoms with E-state index in [0.717, 1.165) is 22.5 Å². The molecule has 0 spiro atoms. The minimum absolute atomic E-state index is 0.104. The molecule has 2 heterocycles. The van der Waals surface area contributed by atoms with E-state index >= 15 is 0 Å². The predicted molar refractivity (Wildman–Crippen MR) is 82.6 cm³/mol. The Labute approximate surface area is 127 Å². The van der Waals surface area contributed by atoms with Gasteiger partial charge in [0, 0.05) is 47.7 Å². The van der Waals surface area contributed by atoms with Crippen LogP contribution in [-0.4, -0.2) is 9.91 Å². The molecule has 0 unspecified atom stereocenters. The highest BCUT2D eigenvalue weighted by atomic mass is 16.6. The number of aromatic nitrogens is 2. The summed E-state index contributed by atoms with van der Waals surface area (Å²) < 4.78 is 1.94. The van der Waals surface area contributed by atoms with Crippen LogP contribution in [0.15, 0.2) is 67.1 Å². The third-order valence-electron chi connectivity index (χ3n) is 3.46. The maximum atomic E-state index is 10.8. The molecule has 0 saturated carbocycles. The van der Waals surface area contributed by atoms with Gasteiger partial charge >= 0.3 is 0 Å². The molecular formula is C17H14N3O2+. The molecule has 0 saturated heterocycles. The van der Waals surface area contributed by atoms with E-state index in [1.807, 2.05) is 54.2 Å². The molecule has 0 fully saturated rings. The second-order valence-corrected chi connectivity index (χ2v) is 4.94. The van der Waals surface area contributed by atoms with Gasteiger partial charge in [-0.25, -0.2) is 0 Å². The molecule has 0 bridgehead atoms. The smallest absolute Gasteiger partial charge is 0.258 e. The minimum Gasteiger partial charge on any atom is -0.258 e. The summed E-state index contributed by atoms with van der Waals surface area (Å²) in [6.07, 6.45) is 5.62. The topological polar surface area (TPSA) is 59.9 Å². The van der Waals surface area contributed by atoms with Crippen molar-refractivity contribution < 1.29 is 9.49 Å². The second-order valence-electron chi connectivity index (χ2n) is 4.94. The number of hydrogen-bond acceptors (Lipinski definition) is 3. The summed E-state index contributed by atoms with van der Waals surface area (Å²) in [6.45, 7) is 1.86. The van der Waals surface area contributed by atoms with Crippen molar-refractivity contribution in [2.75, 3.05) is 0 Å². The third-order valence-corrected chi connectivity index (χ3v) is 3.46. The van der Waals surface area contributed by atoms with Crippen molar-refractivity contribution in [2.24, 2.45) is 0 Å². The lowest BCUT2D eigenvalue weighted by Gasteiger charge is -2.02. The normalized spacial score (nSPS) is 10.4. The van der Waals surface area contributed by atoms with Gasteiger partial charge in [-0.1, -0.05) is 6.07 Å². The summed E-state index contributed by atoms with van der Waals surface area (Å²) in [5.41, 5.74) is 3.81. The van der Waals surface area contributed by atoms with Gasteiger partial charge in [-0.15, -0.1) is 0 Å². The number of nitro benzene ring substituents is 1. The average Bonchev–Trinajstić information content (AvgIpc) is 2.56. The van der Waals surface area contributed by atoms with E-state index in [2.05, 4.69) is 4.98 Å². The molecule has 1 aromatic carbocycles. The molecule has 0 aliphatic heterocycles. The zero-order chi connectivity index (χ0) is 15.5. The lowest BCUT2D eigenvalue weighted by Crippen LogP contribution is -2.30. The van der Waals surface area contributed by atoms with Crippen LogP contribution in [0.5, 0.6) is 0 Å². The first-order valence-electron chi connectivity index (χ1n) is 6.83. The summed E-state index contributed by atoms with van der Waals surface area (Å²) >= 11 is 0. The zero-order valence-corrected chi connectivity index (χ0v) is 12.0. The Kier molecular flexibility index (Phi) is 3.62. The predicted octanol–water partition coefficient (Wildman–Crippen LogP) is 3.24. The van der Waals surface area contributed by atoms with E-state index in [9.17, 15) is 10.1 Å². The lowest BCUT2D eigenvalue weighted by molar-refractivity contribution is -0.596. The van der Waals surface area contributed by atoms with Gasteiger partial charge in [-0.05, 0) is 19.1 Å². The van der Waals surface area contributed by atoms with E-state index in [1.165, 1.54) is 6.07 Å². The Morgan fingerprint density at radius 1 is 1.09 bits per heavy atom. The molecule has 5 nitrogen and oxygen atoms in total. The maximum absolute atomic E-state index is 10.8. The quantitative estimate of drug-likeness (QED) is 0.423. The standard InChI is InChI=1S/C17H14N3O2/c1-13-12-15(20(21)22)5-6-17(13)19-10-7-14(8-11-19)16-4-2-3-9-18-16/h2-12H,1H3/q+1. The zero-order valence-electron chi connectivity index (χ0n) is 12.0. The maximum Gasteiger partial charge on any atom is 0.270 e.